The van der Waals surface area contributed by atoms with Gasteiger partial charge in [0.1, 0.15) is 23.0 Å². The van der Waals surface area contributed by atoms with Gasteiger partial charge in [0.05, 0.1) is 12.8 Å². The number of hydrogen-bond donors (Lipinski definition) is 2. The molecule has 9 heteroatoms. The summed E-state index contributed by atoms with van der Waals surface area (Å²) in [6.45, 7) is 5.40. The largest absolute Gasteiger partial charge is 0.497 e. The predicted molar refractivity (Wildman–Crippen MR) is 127 cm³/mol. The van der Waals surface area contributed by atoms with E-state index in [0.29, 0.717) is 33.6 Å². The molecule has 33 heavy (non-hydrogen) atoms. The molecule has 0 aliphatic carbocycles. The van der Waals surface area contributed by atoms with Gasteiger partial charge in [0.25, 0.3) is 5.56 Å². The lowest BCUT2D eigenvalue weighted by molar-refractivity contribution is 0.0636. The molecule has 2 aromatic carbocycles. The second-order valence-corrected chi connectivity index (χ2v) is 9.01. The monoisotopic (exact) mass is 464 g/mol. The summed E-state index contributed by atoms with van der Waals surface area (Å²) in [5, 5.41) is 12.5. The van der Waals surface area contributed by atoms with Crippen molar-refractivity contribution in [2.75, 3.05) is 12.4 Å². The van der Waals surface area contributed by atoms with Crippen molar-refractivity contribution >= 4 is 23.5 Å². The van der Waals surface area contributed by atoms with Crippen LogP contribution >= 0.6 is 11.8 Å². The predicted octanol–water partition coefficient (Wildman–Crippen LogP) is 4.96. The Balaban J connectivity index is 1.74. The number of benzene rings is 2. The standard InChI is InChI=1S/C24H24N4O4S/c1-24(2,3)32-23(30)26-17-10-8-15(9-11-17)14-33-22-27-20(19(13-25)21(29)28-22)16-6-5-7-18(12-16)31-4/h5-12H,14H2,1-4H3,(H,26,30)(H,27,28,29). The number of nitrogens with one attached hydrogen (secondary N) is 2. The molecule has 3 rings (SSSR count). The second kappa shape index (κ2) is 10.2. The van der Waals surface area contributed by atoms with Crippen LogP contribution in [0.15, 0.2) is 58.5 Å². The van der Waals surface area contributed by atoms with Crippen LogP contribution in [0.3, 0.4) is 0 Å². The molecular formula is C24H24N4O4S. The smallest absolute Gasteiger partial charge is 0.412 e. The Morgan fingerprint density at radius 2 is 1.94 bits per heavy atom. The molecule has 2 N–H and O–H groups in total. The molecule has 3 aromatic rings. The molecule has 0 aliphatic rings. The van der Waals surface area contributed by atoms with Gasteiger partial charge in [-0.15, -0.1) is 0 Å². The van der Waals surface area contributed by atoms with Gasteiger partial charge in [-0.2, -0.15) is 5.26 Å². The molecule has 0 bridgehead atoms. The average Bonchev–Trinajstić information content (AvgIpc) is 2.77. The number of thioether (sulfide) groups is 1. The first kappa shape index (κ1) is 23.9. The van der Waals surface area contributed by atoms with Crippen molar-refractivity contribution in [3.8, 4) is 23.1 Å². The van der Waals surface area contributed by atoms with Crippen LogP contribution in [0.1, 0.15) is 31.9 Å². The van der Waals surface area contributed by atoms with Crippen LogP contribution in [0.5, 0.6) is 5.75 Å². The number of ether oxygens (including phenoxy) is 2. The minimum Gasteiger partial charge on any atom is -0.497 e. The quantitative estimate of drug-likeness (QED) is 0.391. The zero-order chi connectivity index (χ0) is 24.0. The maximum absolute atomic E-state index is 12.5. The van der Waals surface area contributed by atoms with Crippen molar-refractivity contribution < 1.29 is 14.3 Å². The highest BCUT2D eigenvalue weighted by Gasteiger charge is 2.16. The maximum Gasteiger partial charge on any atom is 0.412 e. The Morgan fingerprint density at radius 3 is 2.58 bits per heavy atom. The normalized spacial score (nSPS) is 10.9. The topological polar surface area (TPSA) is 117 Å². The van der Waals surface area contributed by atoms with Crippen LogP contribution in [-0.2, 0) is 10.5 Å². The van der Waals surface area contributed by atoms with Crippen LogP contribution < -0.4 is 15.6 Å². The number of carbonyl (C=O) groups excluding carboxylic acids is 1. The molecule has 1 amide bonds. The fourth-order valence-electron chi connectivity index (χ4n) is 2.86. The summed E-state index contributed by atoms with van der Waals surface area (Å²) in [6.07, 6.45) is -0.519. The van der Waals surface area contributed by atoms with Crippen LogP contribution in [0, 0.1) is 11.3 Å². The van der Waals surface area contributed by atoms with E-state index in [-0.39, 0.29) is 5.56 Å². The lowest BCUT2D eigenvalue weighted by atomic mass is 10.1. The van der Waals surface area contributed by atoms with E-state index in [2.05, 4.69) is 15.3 Å². The minimum absolute atomic E-state index is 0.0508. The van der Waals surface area contributed by atoms with Gasteiger partial charge >= 0.3 is 6.09 Å². The molecule has 1 aromatic heterocycles. The third kappa shape index (κ3) is 6.60. The van der Waals surface area contributed by atoms with Crippen molar-refractivity contribution in [2.45, 2.75) is 37.3 Å². The molecular weight excluding hydrogens is 440 g/mol. The van der Waals surface area contributed by atoms with Gasteiger partial charge in [0.2, 0.25) is 0 Å². The van der Waals surface area contributed by atoms with E-state index in [4.69, 9.17) is 9.47 Å². The minimum atomic E-state index is -0.574. The summed E-state index contributed by atoms with van der Waals surface area (Å²) >= 11 is 1.33. The highest BCUT2D eigenvalue weighted by Crippen LogP contribution is 2.27. The molecule has 0 saturated heterocycles. The first-order chi connectivity index (χ1) is 15.7. The fourth-order valence-corrected chi connectivity index (χ4v) is 3.68. The van der Waals surface area contributed by atoms with Gasteiger partial charge in [-0.05, 0) is 50.6 Å². The van der Waals surface area contributed by atoms with Crippen molar-refractivity contribution in [3.63, 3.8) is 0 Å². The number of amides is 1. The molecule has 0 radical (unpaired) electrons. The number of hydrogen-bond acceptors (Lipinski definition) is 7. The third-order valence-electron chi connectivity index (χ3n) is 4.33. The Hall–Kier alpha value is -3.77. The Morgan fingerprint density at radius 1 is 1.21 bits per heavy atom. The first-order valence-corrected chi connectivity index (χ1v) is 11.1. The van der Waals surface area contributed by atoms with Crippen molar-refractivity contribution in [1.29, 1.82) is 5.26 Å². The van der Waals surface area contributed by atoms with Gasteiger partial charge in [-0.1, -0.05) is 36.0 Å². The molecule has 8 nitrogen and oxygen atoms in total. The molecule has 0 fully saturated rings. The van der Waals surface area contributed by atoms with E-state index in [1.54, 1.807) is 64.3 Å². The molecule has 170 valence electrons. The highest BCUT2D eigenvalue weighted by atomic mass is 32.2. The van der Waals surface area contributed by atoms with Crippen molar-refractivity contribution in [2.24, 2.45) is 0 Å². The van der Waals surface area contributed by atoms with Crippen LogP contribution in [0.2, 0.25) is 0 Å². The van der Waals surface area contributed by atoms with Gasteiger partial charge in [0, 0.05) is 17.0 Å². The number of aromatic amines is 1. The molecule has 1 heterocycles. The average molecular weight is 465 g/mol. The van der Waals surface area contributed by atoms with Gasteiger partial charge in [-0.25, -0.2) is 9.78 Å². The van der Waals surface area contributed by atoms with E-state index in [1.165, 1.54) is 11.8 Å². The van der Waals surface area contributed by atoms with Crippen molar-refractivity contribution in [3.05, 3.63) is 70.0 Å². The molecule has 0 spiro atoms. The summed E-state index contributed by atoms with van der Waals surface area (Å²) in [7, 11) is 1.55. The zero-order valence-corrected chi connectivity index (χ0v) is 19.6. The summed E-state index contributed by atoms with van der Waals surface area (Å²) in [5.74, 6) is 1.13. The van der Waals surface area contributed by atoms with Gasteiger partial charge < -0.3 is 14.5 Å². The van der Waals surface area contributed by atoms with Crippen LogP contribution in [-0.4, -0.2) is 28.8 Å². The van der Waals surface area contributed by atoms with E-state index in [0.717, 1.165) is 5.56 Å². The molecule has 0 aliphatic heterocycles. The maximum atomic E-state index is 12.5. The first-order valence-electron chi connectivity index (χ1n) is 10.1. The Kier molecular flexibility index (Phi) is 7.41. The number of nitrogens with zero attached hydrogens (tertiary/aromatic N) is 2. The molecule has 0 unspecified atom stereocenters. The van der Waals surface area contributed by atoms with Crippen molar-refractivity contribution in [1.82, 2.24) is 9.97 Å². The Labute approximate surface area is 196 Å². The molecule has 0 saturated carbocycles. The van der Waals surface area contributed by atoms with E-state index in [1.807, 2.05) is 18.2 Å². The SMILES string of the molecule is COc1cccc(-c2nc(SCc3ccc(NC(=O)OC(C)(C)C)cc3)[nH]c(=O)c2C#N)c1. The summed E-state index contributed by atoms with van der Waals surface area (Å²) in [5.41, 5.74) is 1.38. The zero-order valence-electron chi connectivity index (χ0n) is 18.8. The summed E-state index contributed by atoms with van der Waals surface area (Å²) < 4.78 is 10.5. The fraction of sp³-hybridized carbons (Fsp3) is 0.250. The summed E-state index contributed by atoms with van der Waals surface area (Å²) in [6, 6.07) is 16.3. The number of rotatable bonds is 6. The Bertz CT molecular complexity index is 1240. The van der Waals surface area contributed by atoms with Gasteiger partial charge in [0.15, 0.2) is 5.16 Å². The van der Waals surface area contributed by atoms with E-state index in [9.17, 15) is 14.9 Å². The van der Waals surface area contributed by atoms with E-state index < -0.39 is 17.3 Å². The number of carbonyl (C=O) groups is 1. The number of anilines is 1. The number of aromatic nitrogens is 2. The lowest BCUT2D eigenvalue weighted by Crippen LogP contribution is -2.27. The second-order valence-electron chi connectivity index (χ2n) is 8.05. The highest BCUT2D eigenvalue weighted by molar-refractivity contribution is 7.98. The third-order valence-corrected chi connectivity index (χ3v) is 5.27. The van der Waals surface area contributed by atoms with Gasteiger partial charge in [-0.3, -0.25) is 10.1 Å². The van der Waals surface area contributed by atoms with Crippen LogP contribution in [0.4, 0.5) is 10.5 Å². The van der Waals surface area contributed by atoms with E-state index >= 15 is 0 Å². The van der Waals surface area contributed by atoms with Crippen LogP contribution in [0.25, 0.3) is 11.3 Å². The molecule has 0 atom stereocenters. The number of methoxy groups -OCH3 is 1. The number of nitriles is 1. The summed E-state index contributed by atoms with van der Waals surface area (Å²) in [4.78, 5) is 31.5. The number of H-pyrrole nitrogens is 1. The lowest BCUT2D eigenvalue weighted by Gasteiger charge is -2.19.